The Kier molecular flexibility index (Phi) is 2.42. The van der Waals surface area contributed by atoms with Crippen LogP contribution in [0.25, 0.3) is 10.9 Å². The number of hydrogen-bond donors (Lipinski definition) is 0. The summed E-state index contributed by atoms with van der Waals surface area (Å²) in [6.07, 6.45) is 1.84. The predicted octanol–water partition coefficient (Wildman–Crippen LogP) is 4.01. The van der Waals surface area contributed by atoms with Crippen LogP contribution in [0.3, 0.4) is 0 Å². The third-order valence-corrected chi connectivity index (χ3v) is 2.68. The first-order chi connectivity index (χ1) is 6.70. The summed E-state index contributed by atoms with van der Waals surface area (Å²) in [5.41, 5.74) is 2.24. The molecule has 72 valence electrons. The zero-order valence-electron chi connectivity index (χ0n) is 8.29. The van der Waals surface area contributed by atoms with Gasteiger partial charge >= 0.3 is 0 Å². The van der Waals surface area contributed by atoms with Crippen molar-refractivity contribution < 1.29 is 0 Å². The van der Waals surface area contributed by atoms with Gasteiger partial charge in [0.05, 0.1) is 10.5 Å². The lowest BCUT2D eigenvalue weighted by Crippen LogP contribution is -1.91. The summed E-state index contributed by atoms with van der Waals surface area (Å²) >= 11 is 6.17. The van der Waals surface area contributed by atoms with Crippen LogP contribution in [0.4, 0.5) is 0 Å². The monoisotopic (exact) mass is 205 g/mol. The number of aromatic nitrogens is 1. The molecule has 1 aromatic heterocycles. The van der Waals surface area contributed by atoms with Crippen molar-refractivity contribution in [1.29, 1.82) is 0 Å². The van der Waals surface area contributed by atoms with Crippen LogP contribution in [0.5, 0.6) is 0 Å². The maximum atomic E-state index is 6.17. The molecule has 0 aliphatic carbocycles. The number of rotatable bonds is 1. The van der Waals surface area contributed by atoms with Crippen LogP contribution in [-0.2, 0) is 0 Å². The highest BCUT2D eigenvalue weighted by molar-refractivity contribution is 6.35. The highest BCUT2D eigenvalue weighted by atomic mass is 35.5. The van der Waals surface area contributed by atoms with Crippen LogP contribution in [-0.4, -0.2) is 4.98 Å². The van der Waals surface area contributed by atoms with E-state index in [0.29, 0.717) is 5.92 Å². The first-order valence-corrected chi connectivity index (χ1v) is 5.11. The van der Waals surface area contributed by atoms with Crippen molar-refractivity contribution in [3.8, 4) is 0 Å². The SMILES string of the molecule is CC(C)c1ccnc2cccc(Cl)c12. The molecule has 2 rings (SSSR count). The van der Waals surface area contributed by atoms with Gasteiger partial charge in [0.2, 0.25) is 0 Å². The van der Waals surface area contributed by atoms with Gasteiger partial charge in [0, 0.05) is 11.6 Å². The van der Waals surface area contributed by atoms with Crippen molar-refractivity contribution in [1.82, 2.24) is 4.98 Å². The molecule has 0 aliphatic rings. The molecule has 0 atom stereocenters. The van der Waals surface area contributed by atoms with E-state index in [-0.39, 0.29) is 0 Å². The Labute approximate surface area is 88.7 Å². The summed E-state index contributed by atoms with van der Waals surface area (Å²) in [4.78, 5) is 4.30. The molecule has 0 fully saturated rings. The molecule has 0 aliphatic heterocycles. The fourth-order valence-electron chi connectivity index (χ4n) is 1.67. The Morgan fingerprint density at radius 1 is 1.21 bits per heavy atom. The van der Waals surface area contributed by atoms with Crippen molar-refractivity contribution in [2.24, 2.45) is 0 Å². The number of halogens is 1. The second-order valence-corrected chi connectivity index (χ2v) is 4.10. The molecule has 2 heteroatoms. The van der Waals surface area contributed by atoms with E-state index in [1.807, 2.05) is 30.5 Å². The minimum Gasteiger partial charge on any atom is -0.256 e. The maximum Gasteiger partial charge on any atom is 0.0719 e. The molecule has 0 N–H and O–H groups in total. The molecule has 1 aromatic carbocycles. The number of hydrogen-bond acceptors (Lipinski definition) is 1. The van der Waals surface area contributed by atoms with Gasteiger partial charge < -0.3 is 0 Å². The van der Waals surface area contributed by atoms with Crippen LogP contribution in [0.1, 0.15) is 25.3 Å². The van der Waals surface area contributed by atoms with E-state index in [4.69, 9.17) is 11.6 Å². The quantitative estimate of drug-likeness (QED) is 0.686. The van der Waals surface area contributed by atoms with Gasteiger partial charge in [-0.1, -0.05) is 31.5 Å². The molecule has 1 nitrogen and oxygen atoms in total. The summed E-state index contributed by atoms with van der Waals surface area (Å²) in [6.45, 7) is 4.33. The molecule has 1 heterocycles. The smallest absolute Gasteiger partial charge is 0.0719 e. The van der Waals surface area contributed by atoms with Crippen molar-refractivity contribution in [3.05, 3.63) is 41.0 Å². The molecular formula is C12H12ClN. The number of benzene rings is 1. The van der Waals surface area contributed by atoms with E-state index in [9.17, 15) is 0 Å². The Morgan fingerprint density at radius 2 is 2.00 bits per heavy atom. The lowest BCUT2D eigenvalue weighted by Gasteiger charge is -2.10. The second-order valence-electron chi connectivity index (χ2n) is 3.69. The first-order valence-electron chi connectivity index (χ1n) is 4.73. The van der Waals surface area contributed by atoms with Gasteiger partial charge in [0.25, 0.3) is 0 Å². The Bertz CT molecular complexity index is 458. The average molecular weight is 206 g/mol. The summed E-state index contributed by atoms with van der Waals surface area (Å²) in [5.74, 6) is 0.473. The fourth-order valence-corrected chi connectivity index (χ4v) is 1.95. The lowest BCUT2D eigenvalue weighted by atomic mass is 9.99. The Hall–Kier alpha value is -1.08. The third-order valence-electron chi connectivity index (χ3n) is 2.37. The fraction of sp³-hybridized carbons (Fsp3) is 0.250. The largest absolute Gasteiger partial charge is 0.256 e. The molecule has 0 amide bonds. The van der Waals surface area contributed by atoms with Crippen molar-refractivity contribution in [3.63, 3.8) is 0 Å². The molecule has 14 heavy (non-hydrogen) atoms. The summed E-state index contributed by atoms with van der Waals surface area (Å²) in [6, 6.07) is 7.88. The molecule has 0 radical (unpaired) electrons. The van der Waals surface area contributed by atoms with Crippen molar-refractivity contribution >= 4 is 22.5 Å². The first kappa shape index (κ1) is 9.47. The van der Waals surface area contributed by atoms with Gasteiger partial charge in [-0.3, -0.25) is 4.98 Å². The van der Waals surface area contributed by atoms with Crippen molar-refractivity contribution in [2.75, 3.05) is 0 Å². The highest BCUT2D eigenvalue weighted by Gasteiger charge is 2.07. The van der Waals surface area contributed by atoms with Crippen LogP contribution >= 0.6 is 11.6 Å². The minimum absolute atomic E-state index is 0.473. The van der Waals surface area contributed by atoms with Crippen LogP contribution in [0, 0.1) is 0 Å². The molecule has 0 spiro atoms. The van der Waals surface area contributed by atoms with E-state index >= 15 is 0 Å². The van der Waals surface area contributed by atoms with E-state index in [2.05, 4.69) is 18.8 Å². The van der Waals surface area contributed by atoms with Gasteiger partial charge in [-0.2, -0.15) is 0 Å². The molecule has 2 aromatic rings. The van der Waals surface area contributed by atoms with Gasteiger partial charge in [-0.15, -0.1) is 0 Å². The number of nitrogens with zero attached hydrogens (tertiary/aromatic N) is 1. The van der Waals surface area contributed by atoms with E-state index in [1.165, 1.54) is 5.56 Å². The maximum absolute atomic E-state index is 6.17. The molecule has 0 saturated heterocycles. The zero-order chi connectivity index (χ0) is 10.1. The minimum atomic E-state index is 0.473. The van der Waals surface area contributed by atoms with Gasteiger partial charge in [0.1, 0.15) is 0 Å². The second kappa shape index (κ2) is 3.58. The lowest BCUT2D eigenvalue weighted by molar-refractivity contribution is 0.874. The topological polar surface area (TPSA) is 12.9 Å². The zero-order valence-corrected chi connectivity index (χ0v) is 9.05. The number of fused-ring (bicyclic) bond motifs is 1. The standard InChI is InChI=1S/C12H12ClN/c1-8(2)9-6-7-14-11-5-3-4-10(13)12(9)11/h3-8H,1-2H3. The number of pyridine rings is 1. The predicted molar refractivity (Wildman–Crippen MR) is 60.8 cm³/mol. The van der Waals surface area contributed by atoms with Gasteiger partial charge in [-0.25, -0.2) is 0 Å². The van der Waals surface area contributed by atoms with Gasteiger partial charge in [-0.05, 0) is 29.7 Å². The summed E-state index contributed by atoms with van der Waals surface area (Å²) < 4.78 is 0. The summed E-state index contributed by atoms with van der Waals surface area (Å²) in [5, 5.41) is 1.88. The van der Waals surface area contributed by atoms with E-state index in [1.54, 1.807) is 0 Å². The van der Waals surface area contributed by atoms with Gasteiger partial charge in [0.15, 0.2) is 0 Å². The Morgan fingerprint density at radius 3 is 2.71 bits per heavy atom. The van der Waals surface area contributed by atoms with Crippen LogP contribution < -0.4 is 0 Å². The summed E-state index contributed by atoms with van der Waals surface area (Å²) in [7, 11) is 0. The van der Waals surface area contributed by atoms with E-state index < -0.39 is 0 Å². The van der Waals surface area contributed by atoms with Crippen molar-refractivity contribution in [2.45, 2.75) is 19.8 Å². The highest BCUT2D eigenvalue weighted by Crippen LogP contribution is 2.29. The molecular weight excluding hydrogens is 194 g/mol. The van der Waals surface area contributed by atoms with E-state index in [0.717, 1.165) is 15.9 Å². The normalized spacial score (nSPS) is 11.1. The molecule has 0 saturated carbocycles. The molecule has 0 bridgehead atoms. The van der Waals surface area contributed by atoms with Crippen LogP contribution in [0.15, 0.2) is 30.5 Å². The average Bonchev–Trinajstić information content (AvgIpc) is 2.17. The molecule has 0 unspecified atom stereocenters. The Balaban J connectivity index is 2.84. The third kappa shape index (κ3) is 1.48. The van der Waals surface area contributed by atoms with Crippen LogP contribution in [0.2, 0.25) is 5.02 Å².